The summed E-state index contributed by atoms with van der Waals surface area (Å²) in [5.74, 6) is 0.899. The maximum Gasteiger partial charge on any atom is 0.255 e. The van der Waals surface area contributed by atoms with E-state index in [1.54, 1.807) is 67.9 Å². The van der Waals surface area contributed by atoms with E-state index in [2.05, 4.69) is 15.6 Å². The van der Waals surface area contributed by atoms with E-state index < -0.39 is 0 Å². The smallest absolute Gasteiger partial charge is 0.255 e. The fraction of sp³-hybridized carbons (Fsp3) is 0.0526. The van der Waals surface area contributed by atoms with Crippen molar-refractivity contribution in [1.82, 2.24) is 4.98 Å². The first kappa shape index (κ1) is 18.0. The second kappa shape index (κ2) is 8.08. The zero-order chi connectivity index (χ0) is 18.5. The minimum atomic E-state index is -0.258. The number of methoxy groups -OCH3 is 1. The van der Waals surface area contributed by atoms with Gasteiger partial charge in [-0.3, -0.25) is 4.79 Å². The van der Waals surface area contributed by atoms with Crippen molar-refractivity contribution in [1.29, 1.82) is 0 Å². The summed E-state index contributed by atoms with van der Waals surface area (Å²) in [6.07, 6.45) is 1.55. The van der Waals surface area contributed by atoms with Gasteiger partial charge in [0.05, 0.1) is 17.8 Å². The van der Waals surface area contributed by atoms with Crippen LogP contribution in [-0.4, -0.2) is 18.0 Å². The molecular formula is C19H15Cl2N3O2. The average molecular weight is 388 g/mol. The molecule has 7 heteroatoms. The summed E-state index contributed by atoms with van der Waals surface area (Å²) >= 11 is 12.0. The van der Waals surface area contributed by atoms with Gasteiger partial charge in [0.1, 0.15) is 11.6 Å². The Hall–Kier alpha value is -2.76. The minimum Gasteiger partial charge on any atom is -0.497 e. The molecule has 1 aromatic heterocycles. The third-order valence-corrected chi connectivity index (χ3v) is 4.09. The molecule has 0 fully saturated rings. The number of benzene rings is 2. The van der Waals surface area contributed by atoms with Crippen molar-refractivity contribution in [3.8, 4) is 5.75 Å². The van der Waals surface area contributed by atoms with Crippen molar-refractivity contribution in [2.75, 3.05) is 17.7 Å². The Bertz CT molecular complexity index is 948. The summed E-state index contributed by atoms with van der Waals surface area (Å²) < 4.78 is 5.15. The summed E-state index contributed by atoms with van der Waals surface area (Å²) in [5, 5.41) is 6.91. The van der Waals surface area contributed by atoms with Gasteiger partial charge in [0.2, 0.25) is 0 Å². The number of ether oxygens (including phenoxy) is 1. The van der Waals surface area contributed by atoms with E-state index in [9.17, 15) is 4.79 Å². The van der Waals surface area contributed by atoms with Crippen LogP contribution in [0.1, 0.15) is 10.4 Å². The molecule has 0 unspecified atom stereocenters. The molecule has 132 valence electrons. The van der Waals surface area contributed by atoms with E-state index in [1.807, 2.05) is 0 Å². The van der Waals surface area contributed by atoms with E-state index in [0.717, 1.165) is 0 Å². The molecule has 0 aliphatic rings. The topological polar surface area (TPSA) is 63.2 Å². The number of nitrogens with one attached hydrogen (secondary N) is 2. The minimum absolute atomic E-state index is 0.258. The van der Waals surface area contributed by atoms with Crippen LogP contribution in [-0.2, 0) is 0 Å². The number of anilines is 3. The Labute approximate surface area is 160 Å². The van der Waals surface area contributed by atoms with Crippen LogP contribution in [0.3, 0.4) is 0 Å². The Balaban J connectivity index is 1.76. The first-order valence-electron chi connectivity index (χ1n) is 7.69. The number of pyridine rings is 1. The van der Waals surface area contributed by atoms with Crippen LogP contribution in [0, 0.1) is 0 Å². The second-order valence-electron chi connectivity index (χ2n) is 5.37. The van der Waals surface area contributed by atoms with Gasteiger partial charge in [0.15, 0.2) is 0 Å². The quantitative estimate of drug-likeness (QED) is 0.615. The van der Waals surface area contributed by atoms with Gasteiger partial charge in [-0.1, -0.05) is 29.3 Å². The van der Waals surface area contributed by atoms with Gasteiger partial charge in [-0.15, -0.1) is 0 Å². The Morgan fingerprint density at radius 1 is 1.08 bits per heavy atom. The van der Waals surface area contributed by atoms with E-state index in [-0.39, 0.29) is 5.91 Å². The Morgan fingerprint density at radius 3 is 2.69 bits per heavy atom. The Kier molecular flexibility index (Phi) is 5.61. The van der Waals surface area contributed by atoms with Crippen LogP contribution in [0.2, 0.25) is 10.0 Å². The number of carbonyl (C=O) groups is 1. The van der Waals surface area contributed by atoms with Gasteiger partial charge in [0.25, 0.3) is 5.91 Å². The van der Waals surface area contributed by atoms with Crippen molar-refractivity contribution >= 4 is 46.3 Å². The van der Waals surface area contributed by atoms with Gasteiger partial charge in [-0.25, -0.2) is 4.98 Å². The molecule has 5 nitrogen and oxygen atoms in total. The molecule has 3 rings (SSSR count). The van der Waals surface area contributed by atoms with Crippen LogP contribution in [0.15, 0.2) is 60.8 Å². The Morgan fingerprint density at radius 2 is 1.92 bits per heavy atom. The number of carbonyl (C=O) groups excluding carboxylic acids is 1. The lowest BCUT2D eigenvalue weighted by Crippen LogP contribution is -2.12. The van der Waals surface area contributed by atoms with E-state index in [1.165, 1.54) is 0 Å². The summed E-state index contributed by atoms with van der Waals surface area (Å²) in [6.45, 7) is 0. The predicted octanol–water partition coefficient (Wildman–Crippen LogP) is 5.39. The molecule has 0 atom stereocenters. The summed E-state index contributed by atoms with van der Waals surface area (Å²) in [4.78, 5) is 16.7. The summed E-state index contributed by atoms with van der Waals surface area (Å²) in [6, 6.07) is 15.5. The normalized spacial score (nSPS) is 10.3. The van der Waals surface area contributed by atoms with Gasteiger partial charge in [-0.2, -0.15) is 0 Å². The highest BCUT2D eigenvalue weighted by Crippen LogP contribution is 2.28. The monoisotopic (exact) mass is 387 g/mol. The third kappa shape index (κ3) is 4.45. The number of rotatable bonds is 5. The van der Waals surface area contributed by atoms with Crippen molar-refractivity contribution in [2.45, 2.75) is 0 Å². The molecule has 0 aliphatic carbocycles. The van der Waals surface area contributed by atoms with Gasteiger partial charge in [-0.05, 0) is 42.5 Å². The van der Waals surface area contributed by atoms with Crippen LogP contribution in [0.4, 0.5) is 17.2 Å². The number of amides is 1. The highest BCUT2D eigenvalue weighted by atomic mass is 35.5. The van der Waals surface area contributed by atoms with Gasteiger partial charge < -0.3 is 15.4 Å². The number of hydrogen-bond acceptors (Lipinski definition) is 4. The standard InChI is InChI=1S/C19H15Cl2N3O2/c1-26-15-4-2-3-14(11-15)23-19(25)12-7-8-22-18(9-12)24-17-6-5-13(20)10-16(17)21/h2-11H,1H3,(H,22,24)(H,23,25). The molecule has 1 heterocycles. The molecule has 1 amide bonds. The highest BCUT2D eigenvalue weighted by Gasteiger charge is 2.09. The summed E-state index contributed by atoms with van der Waals surface area (Å²) in [7, 11) is 1.57. The zero-order valence-corrected chi connectivity index (χ0v) is 15.3. The van der Waals surface area contributed by atoms with Crippen molar-refractivity contribution in [3.05, 3.63) is 76.4 Å². The third-order valence-electron chi connectivity index (χ3n) is 3.54. The second-order valence-corrected chi connectivity index (χ2v) is 6.21. The van der Waals surface area contributed by atoms with Crippen LogP contribution in [0.5, 0.6) is 5.75 Å². The molecule has 26 heavy (non-hydrogen) atoms. The fourth-order valence-electron chi connectivity index (χ4n) is 2.27. The maximum absolute atomic E-state index is 12.5. The molecule has 0 aliphatic heterocycles. The maximum atomic E-state index is 12.5. The molecule has 0 saturated heterocycles. The lowest BCUT2D eigenvalue weighted by molar-refractivity contribution is 0.102. The summed E-state index contributed by atoms with van der Waals surface area (Å²) in [5.41, 5.74) is 1.74. The molecule has 3 aromatic rings. The van der Waals surface area contributed by atoms with Crippen molar-refractivity contribution < 1.29 is 9.53 Å². The highest BCUT2D eigenvalue weighted by molar-refractivity contribution is 6.36. The zero-order valence-electron chi connectivity index (χ0n) is 13.8. The van der Waals surface area contributed by atoms with Crippen molar-refractivity contribution in [2.24, 2.45) is 0 Å². The molecule has 2 N–H and O–H groups in total. The predicted molar refractivity (Wildman–Crippen MR) is 105 cm³/mol. The van der Waals surface area contributed by atoms with Crippen LogP contribution in [0.25, 0.3) is 0 Å². The van der Waals surface area contributed by atoms with Gasteiger partial charge >= 0.3 is 0 Å². The van der Waals surface area contributed by atoms with Gasteiger partial charge in [0, 0.05) is 28.5 Å². The lowest BCUT2D eigenvalue weighted by Gasteiger charge is -2.10. The molecular weight excluding hydrogens is 373 g/mol. The molecule has 0 spiro atoms. The SMILES string of the molecule is COc1cccc(NC(=O)c2ccnc(Nc3ccc(Cl)cc3Cl)c2)c1. The first-order chi connectivity index (χ1) is 12.5. The number of nitrogens with zero attached hydrogens (tertiary/aromatic N) is 1. The number of halogens is 2. The molecule has 0 bridgehead atoms. The molecule has 2 aromatic carbocycles. The fourth-order valence-corrected chi connectivity index (χ4v) is 2.73. The largest absolute Gasteiger partial charge is 0.497 e. The average Bonchev–Trinajstić information content (AvgIpc) is 2.64. The first-order valence-corrected chi connectivity index (χ1v) is 8.44. The van der Waals surface area contributed by atoms with E-state index >= 15 is 0 Å². The van der Waals surface area contributed by atoms with E-state index in [4.69, 9.17) is 27.9 Å². The number of hydrogen-bond donors (Lipinski definition) is 2. The number of aromatic nitrogens is 1. The lowest BCUT2D eigenvalue weighted by atomic mass is 10.2. The van der Waals surface area contributed by atoms with Crippen LogP contribution < -0.4 is 15.4 Å². The molecule has 0 radical (unpaired) electrons. The molecule has 0 saturated carbocycles. The van der Waals surface area contributed by atoms with Crippen LogP contribution >= 0.6 is 23.2 Å². The van der Waals surface area contributed by atoms with Crippen molar-refractivity contribution in [3.63, 3.8) is 0 Å². The van der Waals surface area contributed by atoms with E-state index in [0.29, 0.717) is 38.6 Å².